The zero-order valence-corrected chi connectivity index (χ0v) is 18.3. The first-order valence-corrected chi connectivity index (χ1v) is 10.8. The average Bonchev–Trinajstić information content (AvgIpc) is 3.05. The van der Waals surface area contributed by atoms with Crippen LogP contribution in [0.4, 0.5) is 0 Å². The topological polar surface area (TPSA) is 66.7 Å². The first-order valence-electron chi connectivity index (χ1n) is 10.8. The fourth-order valence-electron chi connectivity index (χ4n) is 4.04. The van der Waals surface area contributed by atoms with E-state index in [2.05, 4.69) is 69.0 Å². The molecule has 0 bridgehead atoms. The number of aliphatic imine (C=N–C) groups is 1. The smallest absolute Gasteiger partial charge is 0.191 e. The van der Waals surface area contributed by atoms with Crippen LogP contribution in [0, 0.1) is 12.8 Å². The van der Waals surface area contributed by atoms with E-state index in [1.165, 1.54) is 5.52 Å². The van der Waals surface area contributed by atoms with E-state index in [1.54, 1.807) is 0 Å². The highest BCUT2D eigenvalue weighted by molar-refractivity contribution is 5.79. The lowest BCUT2D eigenvalue weighted by molar-refractivity contribution is 0.00752. The number of aromatic nitrogens is 2. The number of hydrogen-bond acceptors (Lipinski definition) is 4. The molecule has 0 amide bonds. The molecular formula is C22H36N6O. The third kappa shape index (κ3) is 5.70. The van der Waals surface area contributed by atoms with Gasteiger partial charge in [-0.2, -0.15) is 0 Å². The fourth-order valence-corrected chi connectivity index (χ4v) is 4.04. The summed E-state index contributed by atoms with van der Waals surface area (Å²) in [5.74, 6) is 2.52. The minimum absolute atomic E-state index is 0.484. The normalized spacial score (nSPS) is 17.1. The zero-order chi connectivity index (χ0) is 20.6. The highest BCUT2D eigenvalue weighted by Crippen LogP contribution is 2.15. The Morgan fingerprint density at radius 1 is 1.21 bits per heavy atom. The van der Waals surface area contributed by atoms with Crippen LogP contribution >= 0.6 is 0 Å². The summed E-state index contributed by atoms with van der Waals surface area (Å²) in [7, 11) is 1.84. The molecule has 1 aromatic carbocycles. The van der Waals surface area contributed by atoms with Crippen LogP contribution in [0.1, 0.15) is 26.1 Å². The molecule has 1 fully saturated rings. The summed E-state index contributed by atoms with van der Waals surface area (Å²) in [6.45, 7) is 13.0. The van der Waals surface area contributed by atoms with Gasteiger partial charge in [0, 0.05) is 45.8 Å². The second-order valence-corrected chi connectivity index (χ2v) is 7.99. The van der Waals surface area contributed by atoms with Gasteiger partial charge in [0.25, 0.3) is 0 Å². The van der Waals surface area contributed by atoms with Crippen molar-refractivity contribution in [3.8, 4) is 0 Å². The molecule has 2 heterocycles. The van der Waals surface area contributed by atoms with Gasteiger partial charge in [-0.1, -0.05) is 26.0 Å². The van der Waals surface area contributed by atoms with Crippen molar-refractivity contribution in [1.29, 1.82) is 0 Å². The SMILES string of the molecule is CN=C(NCCCn1c(C)nc2ccccc21)NCC(C(C)C)N1CCOCC1. The summed E-state index contributed by atoms with van der Waals surface area (Å²) in [5, 5.41) is 6.98. The Labute approximate surface area is 174 Å². The lowest BCUT2D eigenvalue weighted by atomic mass is 10.0. The molecule has 2 N–H and O–H groups in total. The van der Waals surface area contributed by atoms with Crippen LogP contribution < -0.4 is 10.6 Å². The lowest BCUT2D eigenvalue weighted by Crippen LogP contribution is -2.52. The molecule has 2 aromatic rings. The maximum atomic E-state index is 5.50. The molecule has 1 saturated heterocycles. The van der Waals surface area contributed by atoms with Crippen molar-refractivity contribution < 1.29 is 4.74 Å². The van der Waals surface area contributed by atoms with Gasteiger partial charge < -0.3 is 19.9 Å². The van der Waals surface area contributed by atoms with E-state index in [-0.39, 0.29) is 0 Å². The molecular weight excluding hydrogens is 364 g/mol. The molecule has 1 aromatic heterocycles. The Bertz CT molecular complexity index is 794. The second-order valence-electron chi connectivity index (χ2n) is 7.99. The number of imidazole rings is 1. The number of benzene rings is 1. The van der Waals surface area contributed by atoms with Gasteiger partial charge in [0.2, 0.25) is 0 Å². The van der Waals surface area contributed by atoms with Gasteiger partial charge in [-0.05, 0) is 31.4 Å². The van der Waals surface area contributed by atoms with Gasteiger partial charge >= 0.3 is 0 Å². The van der Waals surface area contributed by atoms with Gasteiger partial charge in [-0.15, -0.1) is 0 Å². The number of rotatable bonds is 8. The van der Waals surface area contributed by atoms with Crippen LogP contribution in [0.5, 0.6) is 0 Å². The number of nitrogens with one attached hydrogen (secondary N) is 2. The third-order valence-corrected chi connectivity index (χ3v) is 5.68. The molecule has 1 unspecified atom stereocenters. The maximum absolute atomic E-state index is 5.50. The number of fused-ring (bicyclic) bond motifs is 1. The standard InChI is InChI=1S/C22H36N6O/c1-17(2)21(27-12-14-29-15-13-27)16-25-22(23-4)24-10-7-11-28-18(3)26-19-8-5-6-9-20(19)28/h5-6,8-9,17,21H,7,10-16H2,1-4H3,(H2,23,24,25). The first-order chi connectivity index (χ1) is 14.1. The minimum Gasteiger partial charge on any atom is -0.379 e. The Hall–Kier alpha value is -2.12. The van der Waals surface area contributed by atoms with Crippen LogP contribution in [-0.4, -0.2) is 72.9 Å². The number of para-hydroxylation sites is 2. The average molecular weight is 401 g/mol. The van der Waals surface area contributed by atoms with E-state index >= 15 is 0 Å². The Morgan fingerprint density at radius 3 is 2.69 bits per heavy atom. The van der Waals surface area contributed by atoms with Gasteiger partial charge in [-0.25, -0.2) is 4.98 Å². The maximum Gasteiger partial charge on any atom is 0.191 e. The Balaban J connectivity index is 1.45. The van der Waals surface area contributed by atoms with Crippen molar-refractivity contribution in [2.24, 2.45) is 10.9 Å². The molecule has 0 saturated carbocycles. The van der Waals surface area contributed by atoms with E-state index in [0.717, 1.165) is 69.7 Å². The monoisotopic (exact) mass is 400 g/mol. The van der Waals surface area contributed by atoms with Crippen molar-refractivity contribution in [2.75, 3.05) is 46.4 Å². The predicted octanol–water partition coefficient (Wildman–Crippen LogP) is 2.26. The van der Waals surface area contributed by atoms with Crippen molar-refractivity contribution >= 4 is 17.0 Å². The zero-order valence-electron chi connectivity index (χ0n) is 18.3. The first kappa shape index (κ1) is 21.6. The van der Waals surface area contributed by atoms with E-state index in [9.17, 15) is 0 Å². The molecule has 0 spiro atoms. The quantitative estimate of drug-likeness (QED) is 0.404. The Kier molecular flexibility index (Phi) is 7.89. The number of ether oxygens (including phenoxy) is 1. The molecule has 0 aliphatic carbocycles. The van der Waals surface area contributed by atoms with Crippen molar-refractivity contribution in [3.63, 3.8) is 0 Å². The highest BCUT2D eigenvalue weighted by atomic mass is 16.5. The summed E-state index contributed by atoms with van der Waals surface area (Å²) in [6.07, 6.45) is 1.01. The lowest BCUT2D eigenvalue weighted by Gasteiger charge is -2.37. The number of nitrogens with zero attached hydrogens (tertiary/aromatic N) is 4. The summed E-state index contributed by atoms with van der Waals surface area (Å²) >= 11 is 0. The van der Waals surface area contributed by atoms with Crippen molar-refractivity contribution in [2.45, 2.75) is 39.8 Å². The fraction of sp³-hybridized carbons (Fsp3) is 0.636. The summed E-state index contributed by atoms with van der Waals surface area (Å²) in [4.78, 5) is 11.6. The molecule has 1 atom stereocenters. The van der Waals surface area contributed by atoms with Crippen LogP contribution in [0.3, 0.4) is 0 Å². The van der Waals surface area contributed by atoms with Crippen LogP contribution in [0.2, 0.25) is 0 Å². The van der Waals surface area contributed by atoms with Crippen LogP contribution in [0.25, 0.3) is 11.0 Å². The van der Waals surface area contributed by atoms with Crippen LogP contribution in [0.15, 0.2) is 29.3 Å². The molecule has 7 heteroatoms. The number of guanidine groups is 1. The summed E-state index contributed by atoms with van der Waals surface area (Å²) in [5.41, 5.74) is 2.27. The second kappa shape index (κ2) is 10.6. The molecule has 160 valence electrons. The van der Waals surface area contributed by atoms with E-state index in [0.29, 0.717) is 12.0 Å². The molecule has 7 nitrogen and oxygen atoms in total. The van der Waals surface area contributed by atoms with E-state index in [4.69, 9.17) is 4.74 Å². The number of morpholine rings is 1. The van der Waals surface area contributed by atoms with E-state index < -0.39 is 0 Å². The molecule has 1 aliphatic heterocycles. The Morgan fingerprint density at radius 2 is 1.97 bits per heavy atom. The molecule has 29 heavy (non-hydrogen) atoms. The van der Waals surface area contributed by atoms with Gasteiger partial charge in [-0.3, -0.25) is 9.89 Å². The molecule has 0 radical (unpaired) electrons. The summed E-state index contributed by atoms with van der Waals surface area (Å²) in [6, 6.07) is 8.81. The van der Waals surface area contributed by atoms with Gasteiger partial charge in [0.1, 0.15) is 5.82 Å². The van der Waals surface area contributed by atoms with Crippen LogP contribution in [-0.2, 0) is 11.3 Å². The van der Waals surface area contributed by atoms with Crippen molar-refractivity contribution in [3.05, 3.63) is 30.1 Å². The third-order valence-electron chi connectivity index (χ3n) is 5.68. The van der Waals surface area contributed by atoms with Crippen molar-refractivity contribution in [1.82, 2.24) is 25.1 Å². The van der Waals surface area contributed by atoms with E-state index in [1.807, 2.05) is 13.1 Å². The molecule has 3 rings (SSSR count). The molecule has 1 aliphatic rings. The minimum atomic E-state index is 0.484. The number of aryl methyl sites for hydroxylation is 2. The van der Waals surface area contributed by atoms with Gasteiger partial charge in [0.05, 0.1) is 24.2 Å². The highest BCUT2D eigenvalue weighted by Gasteiger charge is 2.23. The predicted molar refractivity (Wildman–Crippen MR) is 119 cm³/mol. The largest absolute Gasteiger partial charge is 0.379 e. The number of hydrogen-bond donors (Lipinski definition) is 2. The van der Waals surface area contributed by atoms with Gasteiger partial charge in [0.15, 0.2) is 5.96 Å². The summed E-state index contributed by atoms with van der Waals surface area (Å²) < 4.78 is 7.80.